The second kappa shape index (κ2) is 8.41. The van der Waals surface area contributed by atoms with Crippen LogP contribution in [0.1, 0.15) is 53.7 Å². The van der Waals surface area contributed by atoms with Gasteiger partial charge in [0.2, 0.25) is 0 Å². The van der Waals surface area contributed by atoms with Crippen LogP contribution >= 0.6 is 0 Å². The van der Waals surface area contributed by atoms with Crippen LogP contribution in [0, 0.1) is 11.6 Å². The molecule has 0 radical (unpaired) electrons. The maximum absolute atomic E-state index is 13.8. The number of hydrogen-bond donors (Lipinski definition) is 1. The molecule has 1 atom stereocenters. The number of nitrogens with one attached hydrogen (secondary N) is 1. The minimum Gasteiger partial charge on any atom is -0.345 e. The van der Waals surface area contributed by atoms with Crippen molar-refractivity contribution in [2.24, 2.45) is 0 Å². The second-order valence-corrected chi connectivity index (χ2v) is 6.89. The summed E-state index contributed by atoms with van der Waals surface area (Å²) in [4.78, 5) is 14.8. The van der Waals surface area contributed by atoms with Crippen LogP contribution in [-0.2, 0) is 6.54 Å². The number of piperidine rings is 1. The van der Waals surface area contributed by atoms with E-state index in [-0.39, 0.29) is 11.5 Å². The highest BCUT2D eigenvalue weighted by Crippen LogP contribution is 2.19. The Hall–Kier alpha value is -2.27. The zero-order valence-electron chi connectivity index (χ0n) is 15.0. The number of carbonyl (C=O) groups excluding carboxylic acids is 1. The van der Waals surface area contributed by atoms with Gasteiger partial charge < -0.3 is 5.32 Å². The highest BCUT2D eigenvalue weighted by Gasteiger charge is 2.16. The summed E-state index contributed by atoms with van der Waals surface area (Å²) < 4.78 is 26.8. The highest BCUT2D eigenvalue weighted by atomic mass is 19.1. The van der Waals surface area contributed by atoms with E-state index in [2.05, 4.69) is 10.2 Å². The molecule has 2 aromatic rings. The Morgan fingerprint density at radius 3 is 2.42 bits per heavy atom. The Bertz CT molecular complexity index is 755. The van der Waals surface area contributed by atoms with Gasteiger partial charge in [0.25, 0.3) is 5.91 Å². The van der Waals surface area contributed by atoms with Crippen molar-refractivity contribution < 1.29 is 13.6 Å². The zero-order chi connectivity index (χ0) is 18.5. The van der Waals surface area contributed by atoms with Gasteiger partial charge in [-0.2, -0.15) is 0 Å². The first-order valence-corrected chi connectivity index (χ1v) is 9.10. The molecule has 3 nitrogen and oxygen atoms in total. The maximum atomic E-state index is 13.8. The number of benzene rings is 2. The molecule has 5 heteroatoms. The Balaban J connectivity index is 1.60. The molecule has 1 aliphatic rings. The number of amides is 1. The van der Waals surface area contributed by atoms with Crippen molar-refractivity contribution >= 4 is 5.91 Å². The van der Waals surface area contributed by atoms with Gasteiger partial charge in [-0.15, -0.1) is 0 Å². The van der Waals surface area contributed by atoms with E-state index >= 15 is 0 Å². The second-order valence-electron chi connectivity index (χ2n) is 6.89. The summed E-state index contributed by atoms with van der Waals surface area (Å²) in [5.74, 6) is -1.56. The molecule has 0 bridgehead atoms. The lowest BCUT2D eigenvalue weighted by atomic mass is 10.1. The quantitative estimate of drug-likeness (QED) is 0.857. The molecule has 2 aromatic carbocycles. The molecule has 1 amide bonds. The SMILES string of the molecule is C[C@H](NC(=O)c1ccc(CN2CCCCC2)cc1)c1ccc(F)cc1F. The van der Waals surface area contributed by atoms with Gasteiger partial charge in [-0.05, 0) is 56.6 Å². The first-order valence-electron chi connectivity index (χ1n) is 9.10. The molecule has 1 saturated heterocycles. The van der Waals surface area contributed by atoms with Crippen LogP contribution in [0.2, 0.25) is 0 Å². The summed E-state index contributed by atoms with van der Waals surface area (Å²) in [5, 5.41) is 2.76. The summed E-state index contributed by atoms with van der Waals surface area (Å²) in [6.45, 7) is 4.84. The molecule has 1 fully saturated rings. The standard InChI is InChI=1S/C21H24F2N2O/c1-15(19-10-9-18(22)13-20(19)23)24-21(26)17-7-5-16(6-8-17)14-25-11-3-2-4-12-25/h5-10,13,15H,2-4,11-12,14H2,1H3,(H,24,26)/t15-/m0/s1. The largest absolute Gasteiger partial charge is 0.345 e. The molecule has 3 rings (SSSR count). The van der Waals surface area contributed by atoms with Crippen molar-refractivity contribution in [1.82, 2.24) is 10.2 Å². The number of likely N-dealkylation sites (tertiary alicyclic amines) is 1. The molecule has 0 unspecified atom stereocenters. The van der Waals surface area contributed by atoms with Gasteiger partial charge in [0.05, 0.1) is 6.04 Å². The normalized spacial score (nSPS) is 16.3. The number of rotatable bonds is 5. The van der Waals surface area contributed by atoms with E-state index in [1.165, 1.54) is 37.0 Å². The van der Waals surface area contributed by atoms with E-state index < -0.39 is 17.7 Å². The fourth-order valence-electron chi connectivity index (χ4n) is 3.35. The topological polar surface area (TPSA) is 32.3 Å². The van der Waals surface area contributed by atoms with Gasteiger partial charge in [0.1, 0.15) is 11.6 Å². The molecule has 1 aliphatic heterocycles. The lowest BCUT2D eigenvalue weighted by Crippen LogP contribution is -2.29. The molecule has 138 valence electrons. The zero-order valence-corrected chi connectivity index (χ0v) is 15.0. The molecule has 26 heavy (non-hydrogen) atoms. The third-order valence-corrected chi connectivity index (χ3v) is 4.85. The van der Waals surface area contributed by atoms with E-state index in [1.807, 2.05) is 12.1 Å². The van der Waals surface area contributed by atoms with Gasteiger partial charge >= 0.3 is 0 Å². The smallest absolute Gasteiger partial charge is 0.251 e. The number of nitrogens with zero attached hydrogens (tertiary/aromatic N) is 1. The Kier molecular flexibility index (Phi) is 5.99. The predicted octanol–water partition coefficient (Wildman–Crippen LogP) is 4.44. The van der Waals surface area contributed by atoms with Crippen LogP contribution in [0.25, 0.3) is 0 Å². The highest BCUT2D eigenvalue weighted by molar-refractivity contribution is 5.94. The van der Waals surface area contributed by atoms with Crippen molar-refractivity contribution in [3.8, 4) is 0 Å². The number of carbonyl (C=O) groups is 1. The molecule has 1 N–H and O–H groups in total. The van der Waals surface area contributed by atoms with Gasteiger partial charge in [-0.25, -0.2) is 8.78 Å². The minimum atomic E-state index is -0.658. The summed E-state index contributed by atoms with van der Waals surface area (Å²) >= 11 is 0. The molecule has 1 heterocycles. The average molecular weight is 358 g/mol. The van der Waals surface area contributed by atoms with Crippen LogP contribution in [0.5, 0.6) is 0 Å². The Morgan fingerprint density at radius 2 is 1.77 bits per heavy atom. The maximum Gasteiger partial charge on any atom is 0.251 e. The van der Waals surface area contributed by atoms with Gasteiger partial charge in [-0.1, -0.05) is 24.6 Å². The summed E-state index contributed by atoms with van der Waals surface area (Å²) in [6, 6.07) is 10.3. The van der Waals surface area contributed by atoms with Gasteiger partial charge in [-0.3, -0.25) is 9.69 Å². The molecular weight excluding hydrogens is 334 g/mol. The summed E-state index contributed by atoms with van der Waals surface area (Å²) in [7, 11) is 0. The van der Waals surface area contributed by atoms with Crippen molar-refractivity contribution in [2.45, 2.75) is 38.8 Å². The molecular formula is C21H24F2N2O. The first-order chi connectivity index (χ1) is 12.5. The average Bonchev–Trinajstić information content (AvgIpc) is 2.63. The lowest BCUT2D eigenvalue weighted by molar-refractivity contribution is 0.0939. The lowest BCUT2D eigenvalue weighted by Gasteiger charge is -2.26. The Morgan fingerprint density at radius 1 is 1.08 bits per heavy atom. The van der Waals surface area contributed by atoms with Crippen LogP contribution in [0.15, 0.2) is 42.5 Å². The molecule has 0 aromatic heterocycles. The van der Waals surface area contributed by atoms with Crippen molar-refractivity contribution in [1.29, 1.82) is 0 Å². The van der Waals surface area contributed by atoms with E-state index in [0.717, 1.165) is 25.7 Å². The summed E-state index contributed by atoms with van der Waals surface area (Å²) in [5.41, 5.74) is 1.98. The van der Waals surface area contributed by atoms with Gasteiger partial charge in [0.15, 0.2) is 0 Å². The van der Waals surface area contributed by atoms with E-state index in [0.29, 0.717) is 5.56 Å². The van der Waals surface area contributed by atoms with Crippen molar-refractivity contribution in [2.75, 3.05) is 13.1 Å². The Labute approximate surface area is 153 Å². The van der Waals surface area contributed by atoms with Crippen molar-refractivity contribution in [3.63, 3.8) is 0 Å². The van der Waals surface area contributed by atoms with Gasteiger partial charge in [0, 0.05) is 23.7 Å². The molecule has 0 aliphatic carbocycles. The fourth-order valence-corrected chi connectivity index (χ4v) is 3.35. The van der Waals surface area contributed by atoms with Crippen LogP contribution in [0.3, 0.4) is 0 Å². The molecule has 0 spiro atoms. The summed E-state index contributed by atoms with van der Waals surface area (Å²) in [6.07, 6.45) is 3.80. The van der Waals surface area contributed by atoms with Crippen LogP contribution < -0.4 is 5.32 Å². The van der Waals surface area contributed by atoms with E-state index in [1.54, 1.807) is 19.1 Å². The molecule has 0 saturated carbocycles. The third kappa shape index (κ3) is 4.67. The monoisotopic (exact) mass is 358 g/mol. The fraction of sp³-hybridized carbons (Fsp3) is 0.381. The number of hydrogen-bond acceptors (Lipinski definition) is 2. The minimum absolute atomic E-state index is 0.265. The first kappa shape index (κ1) is 18.5. The van der Waals surface area contributed by atoms with Crippen LogP contribution in [0.4, 0.5) is 8.78 Å². The number of halogens is 2. The van der Waals surface area contributed by atoms with Crippen LogP contribution in [-0.4, -0.2) is 23.9 Å². The predicted molar refractivity (Wildman–Crippen MR) is 97.8 cm³/mol. The third-order valence-electron chi connectivity index (χ3n) is 4.85. The van der Waals surface area contributed by atoms with E-state index in [9.17, 15) is 13.6 Å². The van der Waals surface area contributed by atoms with E-state index in [4.69, 9.17) is 0 Å². The van der Waals surface area contributed by atoms with Crippen molar-refractivity contribution in [3.05, 3.63) is 70.8 Å².